The maximum atomic E-state index is 11.3. The first-order valence-electron chi connectivity index (χ1n) is 5.30. The maximum absolute atomic E-state index is 11.3. The second kappa shape index (κ2) is 9.99. The van der Waals surface area contributed by atoms with Crippen molar-refractivity contribution in [2.24, 2.45) is 5.73 Å². The van der Waals surface area contributed by atoms with Crippen LogP contribution in [0.4, 0.5) is 10.5 Å². The average molecular weight is 339 g/mol. The molecule has 102 valence electrons. The maximum Gasteiger partial charge on any atom is 0.319 e. The third-order valence-corrected chi connectivity index (χ3v) is 2.21. The minimum absolute atomic E-state index is 0. The summed E-state index contributed by atoms with van der Waals surface area (Å²) in [6.45, 7) is 1.49. The van der Waals surface area contributed by atoms with Crippen molar-refractivity contribution < 1.29 is 9.53 Å². The van der Waals surface area contributed by atoms with Crippen molar-refractivity contribution >= 4 is 40.1 Å². The van der Waals surface area contributed by atoms with Crippen LogP contribution >= 0.6 is 28.3 Å². The molecule has 0 aromatic heterocycles. The van der Waals surface area contributed by atoms with Crippen molar-refractivity contribution in [3.05, 3.63) is 24.3 Å². The summed E-state index contributed by atoms with van der Waals surface area (Å²) < 4.78 is 5.39. The van der Waals surface area contributed by atoms with E-state index >= 15 is 0 Å². The van der Waals surface area contributed by atoms with Crippen LogP contribution in [0.2, 0.25) is 0 Å². The number of ether oxygens (including phenoxy) is 1. The zero-order chi connectivity index (χ0) is 12.5. The molecule has 0 aliphatic heterocycles. The van der Waals surface area contributed by atoms with Gasteiger partial charge in [-0.05, 0) is 24.3 Å². The molecule has 0 radical (unpaired) electrons. The molecule has 0 aliphatic rings. The number of benzene rings is 1. The molecule has 4 N–H and O–H groups in total. The summed E-state index contributed by atoms with van der Waals surface area (Å²) in [5, 5.41) is 6.09. The minimum atomic E-state index is -0.260. The number of amides is 2. The lowest BCUT2D eigenvalue weighted by atomic mass is 10.3. The highest BCUT2D eigenvalue weighted by Crippen LogP contribution is 2.15. The Morgan fingerprint density at radius 1 is 1.33 bits per heavy atom. The summed E-state index contributed by atoms with van der Waals surface area (Å²) in [5.74, 6) is 0.775. The summed E-state index contributed by atoms with van der Waals surface area (Å²) in [4.78, 5) is 11.3. The molecule has 5 nitrogen and oxygen atoms in total. The summed E-state index contributed by atoms with van der Waals surface area (Å²) in [5.41, 5.74) is 5.99. The minimum Gasteiger partial charge on any atom is -0.493 e. The van der Waals surface area contributed by atoms with E-state index in [0.717, 1.165) is 11.1 Å². The van der Waals surface area contributed by atoms with Crippen LogP contribution in [0.1, 0.15) is 0 Å². The second-order valence-electron chi connectivity index (χ2n) is 3.23. The molecule has 0 spiro atoms. The lowest BCUT2D eigenvalue weighted by molar-refractivity contribution is 0.252. The van der Waals surface area contributed by atoms with Crippen molar-refractivity contribution in [2.45, 2.75) is 0 Å². The lowest BCUT2D eigenvalue weighted by Gasteiger charge is -2.08. The monoisotopic (exact) mass is 337 g/mol. The molecular weight excluding hydrogens is 321 g/mol. The molecule has 0 saturated carbocycles. The first-order valence-corrected chi connectivity index (χ1v) is 6.42. The normalized spacial score (nSPS) is 9.22. The number of nitrogens with two attached hydrogens (primary N) is 1. The molecule has 2 amide bonds. The largest absolute Gasteiger partial charge is 0.493 e. The van der Waals surface area contributed by atoms with Crippen LogP contribution in [0.15, 0.2) is 24.3 Å². The third-order valence-electron chi connectivity index (χ3n) is 1.89. The Kier molecular flexibility index (Phi) is 9.45. The SMILES string of the molecule is Cl.NCCNC(=O)Nc1ccc(OCCBr)cc1. The van der Waals surface area contributed by atoms with Crippen LogP contribution in [0, 0.1) is 0 Å². The summed E-state index contributed by atoms with van der Waals surface area (Å²) in [6, 6.07) is 6.92. The van der Waals surface area contributed by atoms with Crippen LogP contribution in [0.3, 0.4) is 0 Å². The number of nitrogens with one attached hydrogen (secondary N) is 2. The van der Waals surface area contributed by atoms with Crippen molar-refractivity contribution in [1.29, 1.82) is 0 Å². The topological polar surface area (TPSA) is 76.4 Å². The predicted molar refractivity (Wildman–Crippen MR) is 79.1 cm³/mol. The van der Waals surface area contributed by atoms with E-state index in [-0.39, 0.29) is 18.4 Å². The molecule has 0 fully saturated rings. The van der Waals surface area contributed by atoms with Crippen LogP contribution < -0.4 is 21.1 Å². The van der Waals surface area contributed by atoms with E-state index in [0.29, 0.717) is 25.4 Å². The molecule has 0 heterocycles. The van der Waals surface area contributed by atoms with Gasteiger partial charge in [0.2, 0.25) is 0 Å². The molecule has 0 unspecified atom stereocenters. The Hall–Kier alpha value is -0.980. The number of halogens is 2. The molecule has 1 aromatic rings. The summed E-state index contributed by atoms with van der Waals surface area (Å²) >= 11 is 3.28. The molecular formula is C11H17BrClN3O2. The zero-order valence-corrected chi connectivity index (χ0v) is 12.2. The quantitative estimate of drug-likeness (QED) is 0.694. The number of hydrogen-bond acceptors (Lipinski definition) is 3. The molecule has 0 bridgehead atoms. The van der Waals surface area contributed by atoms with Gasteiger partial charge in [0.05, 0.1) is 6.61 Å². The van der Waals surface area contributed by atoms with E-state index in [2.05, 4.69) is 26.6 Å². The second-order valence-corrected chi connectivity index (χ2v) is 4.02. The van der Waals surface area contributed by atoms with E-state index < -0.39 is 0 Å². The van der Waals surface area contributed by atoms with Gasteiger partial charge in [-0.3, -0.25) is 0 Å². The lowest BCUT2D eigenvalue weighted by Crippen LogP contribution is -2.32. The number of urea groups is 1. The summed E-state index contributed by atoms with van der Waals surface area (Å²) in [6.07, 6.45) is 0. The molecule has 18 heavy (non-hydrogen) atoms. The van der Waals surface area contributed by atoms with Crippen molar-refractivity contribution in [3.63, 3.8) is 0 Å². The average Bonchev–Trinajstić information content (AvgIpc) is 2.35. The highest BCUT2D eigenvalue weighted by Gasteiger charge is 2.00. The van der Waals surface area contributed by atoms with Gasteiger partial charge < -0.3 is 21.1 Å². The third kappa shape index (κ3) is 6.68. The van der Waals surface area contributed by atoms with Crippen LogP contribution in [-0.4, -0.2) is 31.1 Å². The molecule has 1 rings (SSSR count). The predicted octanol–water partition coefficient (Wildman–Crippen LogP) is 1.96. The van der Waals surface area contributed by atoms with Gasteiger partial charge in [0.25, 0.3) is 0 Å². The fraction of sp³-hybridized carbons (Fsp3) is 0.364. The van der Waals surface area contributed by atoms with Gasteiger partial charge in [-0.2, -0.15) is 0 Å². The van der Waals surface area contributed by atoms with Gasteiger partial charge >= 0.3 is 6.03 Å². The first kappa shape index (κ1) is 17.0. The van der Waals surface area contributed by atoms with Gasteiger partial charge in [-0.15, -0.1) is 12.4 Å². The first-order chi connectivity index (χ1) is 8.26. The smallest absolute Gasteiger partial charge is 0.319 e. The highest BCUT2D eigenvalue weighted by molar-refractivity contribution is 9.09. The number of carbonyl (C=O) groups is 1. The number of rotatable bonds is 6. The fourth-order valence-corrected chi connectivity index (χ4v) is 1.31. The molecule has 0 saturated heterocycles. The Balaban J connectivity index is 0.00000289. The Labute approximate surface area is 121 Å². The van der Waals surface area contributed by atoms with Crippen LogP contribution in [0.25, 0.3) is 0 Å². The van der Waals surface area contributed by atoms with E-state index in [1.165, 1.54) is 0 Å². The molecule has 1 aromatic carbocycles. The van der Waals surface area contributed by atoms with Gasteiger partial charge in [0.1, 0.15) is 5.75 Å². The number of carbonyl (C=O) groups excluding carboxylic acids is 1. The molecule has 0 aliphatic carbocycles. The highest BCUT2D eigenvalue weighted by atomic mass is 79.9. The zero-order valence-electron chi connectivity index (χ0n) is 9.82. The Morgan fingerprint density at radius 3 is 2.56 bits per heavy atom. The molecule has 7 heteroatoms. The van der Waals surface area contributed by atoms with E-state index in [4.69, 9.17) is 10.5 Å². The van der Waals surface area contributed by atoms with Crippen molar-refractivity contribution in [3.8, 4) is 5.75 Å². The van der Waals surface area contributed by atoms with Gasteiger partial charge in [0.15, 0.2) is 0 Å². The number of hydrogen-bond donors (Lipinski definition) is 3. The summed E-state index contributed by atoms with van der Waals surface area (Å²) in [7, 11) is 0. The Morgan fingerprint density at radius 2 is 2.00 bits per heavy atom. The van der Waals surface area contributed by atoms with Crippen LogP contribution in [-0.2, 0) is 0 Å². The number of alkyl halides is 1. The van der Waals surface area contributed by atoms with Crippen molar-refractivity contribution in [2.75, 3.05) is 30.3 Å². The fourth-order valence-electron chi connectivity index (χ4n) is 1.15. The van der Waals surface area contributed by atoms with Crippen LogP contribution in [0.5, 0.6) is 5.75 Å². The van der Waals surface area contributed by atoms with Gasteiger partial charge in [0, 0.05) is 24.1 Å². The number of anilines is 1. The van der Waals surface area contributed by atoms with E-state index in [9.17, 15) is 4.79 Å². The molecule has 0 atom stereocenters. The van der Waals surface area contributed by atoms with E-state index in [1.54, 1.807) is 24.3 Å². The van der Waals surface area contributed by atoms with Gasteiger partial charge in [-0.1, -0.05) is 15.9 Å². The van der Waals surface area contributed by atoms with E-state index in [1.807, 2.05) is 0 Å². The van der Waals surface area contributed by atoms with Crippen molar-refractivity contribution in [1.82, 2.24) is 5.32 Å². The van der Waals surface area contributed by atoms with Gasteiger partial charge in [-0.25, -0.2) is 4.79 Å². The standard InChI is InChI=1S/C11H16BrN3O2.ClH/c12-5-8-17-10-3-1-9(2-4-10)15-11(16)14-7-6-13;/h1-4H,5-8,13H2,(H2,14,15,16);1H. The Bertz CT molecular complexity index is 349.